The number of carbonyl (C=O) groups is 1. The Kier molecular flexibility index (Phi) is 5.45. The molecule has 0 radical (unpaired) electrons. The summed E-state index contributed by atoms with van der Waals surface area (Å²) in [6.07, 6.45) is -4.51. The molecule has 3 aromatic rings. The van der Waals surface area contributed by atoms with Crippen LogP contribution in [0.25, 0.3) is 0 Å². The number of nitriles is 1. The lowest BCUT2D eigenvalue weighted by Crippen LogP contribution is -2.16. The third kappa shape index (κ3) is 5.07. The SMILES string of the molecule is Cc1cc(C(=O)Nc2cccc(C(F)(F)F)c2)nc(Nc2ccc(C#N)cc2)n1. The number of nitrogens with zero attached hydrogens (tertiary/aromatic N) is 3. The van der Waals surface area contributed by atoms with E-state index in [2.05, 4.69) is 20.6 Å². The lowest BCUT2D eigenvalue weighted by Gasteiger charge is -2.11. The number of rotatable bonds is 4. The smallest absolute Gasteiger partial charge is 0.324 e. The Morgan fingerprint density at radius 1 is 1.03 bits per heavy atom. The summed E-state index contributed by atoms with van der Waals surface area (Å²) in [6, 6.07) is 14.3. The van der Waals surface area contributed by atoms with Gasteiger partial charge in [-0.15, -0.1) is 0 Å². The van der Waals surface area contributed by atoms with Crippen LogP contribution in [0.1, 0.15) is 27.3 Å². The molecule has 0 aliphatic heterocycles. The molecule has 1 amide bonds. The number of hydrogen-bond acceptors (Lipinski definition) is 5. The predicted octanol–water partition coefficient (Wildman–Crippen LogP) is 4.67. The molecule has 0 saturated carbocycles. The van der Waals surface area contributed by atoms with Crippen molar-refractivity contribution in [2.24, 2.45) is 0 Å². The second-order valence-electron chi connectivity index (χ2n) is 6.07. The average Bonchev–Trinajstić information content (AvgIpc) is 2.67. The minimum absolute atomic E-state index is 0.00249. The lowest BCUT2D eigenvalue weighted by molar-refractivity contribution is -0.137. The predicted molar refractivity (Wildman–Crippen MR) is 101 cm³/mol. The molecule has 6 nitrogen and oxygen atoms in total. The van der Waals surface area contributed by atoms with Crippen LogP contribution in [0.15, 0.2) is 54.6 Å². The summed E-state index contributed by atoms with van der Waals surface area (Å²) < 4.78 is 38.5. The van der Waals surface area contributed by atoms with Crippen molar-refractivity contribution in [3.05, 3.63) is 77.1 Å². The van der Waals surface area contributed by atoms with Gasteiger partial charge in [0.1, 0.15) is 5.69 Å². The first-order valence-corrected chi connectivity index (χ1v) is 8.36. The quantitative estimate of drug-likeness (QED) is 0.668. The minimum atomic E-state index is -4.51. The van der Waals surface area contributed by atoms with Crippen molar-refractivity contribution in [2.75, 3.05) is 10.6 Å². The molecule has 2 aromatic carbocycles. The molecule has 0 bridgehead atoms. The topological polar surface area (TPSA) is 90.7 Å². The van der Waals surface area contributed by atoms with Crippen molar-refractivity contribution in [1.29, 1.82) is 5.26 Å². The van der Waals surface area contributed by atoms with Crippen molar-refractivity contribution < 1.29 is 18.0 Å². The molecule has 0 unspecified atom stereocenters. The third-order valence-electron chi connectivity index (χ3n) is 3.80. The van der Waals surface area contributed by atoms with Crippen molar-refractivity contribution in [3.63, 3.8) is 0 Å². The molecule has 0 aliphatic rings. The van der Waals surface area contributed by atoms with Crippen molar-refractivity contribution >= 4 is 23.2 Å². The van der Waals surface area contributed by atoms with Gasteiger partial charge in [0.05, 0.1) is 17.2 Å². The van der Waals surface area contributed by atoms with E-state index in [4.69, 9.17) is 5.26 Å². The molecule has 3 rings (SSSR count). The van der Waals surface area contributed by atoms with Crippen molar-refractivity contribution in [2.45, 2.75) is 13.1 Å². The maximum atomic E-state index is 12.8. The van der Waals surface area contributed by atoms with Crippen LogP contribution in [0, 0.1) is 18.3 Å². The molecule has 2 N–H and O–H groups in total. The molecule has 0 aliphatic carbocycles. The zero-order valence-electron chi connectivity index (χ0n) is 15.1. The van der Waals surface area contributed by atoms with Gasteiger partial charge in [0.15, 0.2) is 0 Å². The van der Waals surface area contributed by atoms with Crippen LogP contribution in [0.4, 0.5) is 30.5 Å². The number of aryl methyl sites for hydroxylation is 1. The fourth-order valence-corrected chi connectivity index (χ4v) is 2.47. The zero-order chi connectivity index (χ0) is 21.0. The number of alkyl halides is 3. The Bertz CT molecular complexity index is 1090. The van der Waals surface area contributed by atoms with Crippen LogP contribution in [-0.2, 0) is 6.18 Å². The van der Waals surface area contributed by atoms with Gasteiger partial charge in [-0.1, -0.05) is 6.07 Å². The zero-order valence-corrected chi connectivity index (χ0v) is 15.1. The fraction of sp³-hybridized carbons (Fsp3) is 0.100. The van der Waals surface area contributed by atoms with E-state index in [-0.39, 0.29) is 17.3 Å². The van der Waals surface area contributed by atoms with Crippen LogP contribution >= 0.6 is 0 Å². The second kappa shape index (κ2) is 7.98. The molecular formula is C20H14F3N5O. The van der Waals surface area contributed by atoms with Gasteiger partial charge >= 0.3 is 6.18 Å². The number of amides is 1. The number of hydrogen-bond donors (Lipinski definition) is 2. The highest BCUT2D eigenvalue weighted by molar-refractivity contribution is 6.03. The molecule has 1 heterocycles. The van der Waals surface area contributed by atoms with Crippen molar-refractivity contribution in [1.82, 2.24) is 9.97 Å². The maximum Gasteiger partial charge on any atom is 0.416 e. The second-order valence-corrected chi connectivity index (χ2v) is 6.07. The van der Waals surface area contributed by atoms with E-state index in [9.17, 15) is 18.0 Å². The van der Waals surface area contributed by atoms with E-state index in [0.29, 0.717) is 16.9 Å². The first kappa shape index (κ1) is 19.8. The van der Waals surface area contributed by atoms with E-state index in [1.807, 2.05) is 6.07 Å². The Morgan fingerprint density at radius 3 is 2.41 bits per heavy atom. The lowest BCUT2D eigenvalue weighted by atomic mass is 10.2. The van der Waals surface area contributed by atoms with Crippen molar-refractivity contribution in [3.8, 4) is 6.07 Å². The highest BCUT2D eigenvalue weighted by Gasteiger charge is 2.30. The highest BCUT2D eigenvalue weighted by Crippen LogP contribution is 2.30. The maximum absolute atomic E-state index is 12.8. The summed E-state index contributed by atoms with van der Waals surface area (Å²) in [7, 11) is 0. The average molecular weight is 397 g/mol. The summed E-state index contributed by atoms with van der Waals surface area (Å²) in [4.78, 5) is 20.8. The van der Waals surface area contributed by atoms with Gasteiger partial charge in [-0.3, -0.25) is 4.79 Å². The van der Waals surface area contributed by atoms with E-state index in [0.717, 1.165) is 12.1 Å². The number of anilines is 3. The number of nitrogens with one attached hydrogen (secondary N) is 2. The molecule has 9 heteroatoms. The standard InChI is InChI=1S/C20H14F3N5O/c1-12-9-17(18(29)26-16-4-2-3-14(10-16)20(21,22)23)28-19(25-12)27-15-7-5-13(11-24)6-8-15/h2-10H,1H3,(H,26,29)(H,25,27,28). The van der Waals surface area contributed by atoms with Crippen LogP contribution in [-0.4, -0.2) is 15.9 Å². The summed E-state index contributed by atoms with van der Waals surface area (Å²) in [5.74, 6) is -0.526. The van der Waals surface area contributed by atoms with Crippen LogP contribution in [0.3, 0.4) is 0 Å². The molecule has 1 aromatic heterocycles. The van der Waals surface area contributed by atoms with Gasteiger partial charge in [0.25, 0.3) is 5.91 Å². The minimum Gasteiger partial charge on any atom is -0.324 e. The molecular weight excluding hydrogens is 383 g/mol. The van der Waals surface area contributed by atoms with E-state index in [1.165, 1.54) is 18.2 Å². The molecule has 0 saturated heterocycles. The van der Waals surface area contributed by atoms with E-state index < -0.39 is 17.6 Å². The summed E-state index contributed by atoms with van der Waals surface area (Å²) >= 11 is 0. The van der Waals surface area contributed by atoms with Crippen LogP contribution < -0.4 is 10.6 Å². The molecule has 0 atom stereocenters. The summed E-state index contributed by atoms with van der Waals surface area (Å²) in [5, 5.41) is 14.2. The Labute approximate surface area is 164 Å². The summed E-state index contributed by atoms with van der Waals surface area (Å²) in [6.45, 7) is 1.66. The van der Waals surface area contributed by atoms with Gasteiger partial charge in [0.2, 0.25) is 5.95 Å². The number of aromatic nitrogens is 2. The van der Waals surface area contributed by atoms with Gasteiger partial charge in [0, 0.05) is 17.1 Å². The van der Waals surface area contributed by atoms with E-state index in [1.54, 1.807) is 31.2 Å². The largest absolute Gasteiger partial charge is 0.416 e. The first-order chi connectivity index (χ1) is 13.7. The fourth-order valence-electron chi connectivity index (χ4n) is 2.47. The first-order valence-electron chi connectivity index (χ1n) is 8.36. The molecule has 29 heavy (non-hydrogen) atoms. The normalized spacial score (nSPS) is 10.9. The molecule has 146 valence electrons. The Balaban J connectivity index is 1.80. The van der Waals surface area contributed by atoms with Gasteiger partial charge in [-0.25, -0.2) is 9.97 Å². The third-order valence-corrected chi connectivity index (χ3v) is 3.80. The van der Waals surface area contributed by atoms with Crippen LogP contribution in [0.5, 0.6) is 0 Å². The molecule has 0 fully saturated rings. The summed E-state index contributed by atoms with van der Waals surface area (Å²) in [5.41, 5.74) is 0.720. The van der Waals surface area contributed by atoms with Gasteiger partial charge in [-0.2, -0.15) is 18.4 Å². The Hall–Kier alpha value is -3.93. The molecule has 0 spiro atoms. The number of carbonyl (C=O) groups excluding carboxylic acids is 1. The van der Waals surface area contributed by atoms with Crippen LogP contribution in [0.2, 0.25) is 0 Å². The van der Waals surface area contributed by atoms with Gasteiger partial charge < -0.3 is 10.6 Å². The Morgan fingerprint density at radius 2 is 1.76 bits per heavy atom. The number of halogens is 3. The van der Waals surface area contributed by atoms with E-state index >= 15 is 0 Å². The monoisotopic (exact) mass is 397 g/mol. The number of benzene rings is 2. The van der Waals surface area contributed by atoms with Gasteiger partial charge in [-0.05, 0) is 55.5 Å². The highest BCUT2D eigenvalue weighted by atomic mass is 19.4.